The molecule has 0 bridgehead atoms. The molecule has 0 spiro atoms. The zero-order chi connectivity index (χ0) is 11.4. The fraction of sp³-hybridized carbons (Fsp3) is 0.750. The summed E-state index contributed by atoms with van der Waals surface area (Å²) >= 11 is 0. The van der Waals surface area contributed by atoms with Gasteiger partial charge in [-0.25, -0.2) is 0 Å². The molecule has 0 atom stereocenters. The first kappa shape index (κ1) is 11.6. The van der Waals surface area contributed by atoms with Crippen LogP contribution in [0, 0.1) is 6.92 Å². The maximum absolute atomic E-state index is 5.92. The number of aromatic nitrogens is 2. The minimum absolute atomic E-state index is 0.418. The van der Waals surface area contributed by atoms with Crippen LogP contribution in [0.4, 0.5) is 0 Å². The van der Waals surface area contributed by atoms with Crippen LogP contribution in [0.1, 0.15) is 31.2 Å². The van der Waals surface area contributed by atoms with Crippen molar-refractivity contribution in [2.75, 3.05) is 13.1 Å². The Labute approximate surface area is 97.0 Å². The van der Waals surface area contributed by atoms with Crippen LogP contribution in [-0.4, -0.2) is 29.0 Å². The van der Waals surface area contributed by atoms with Crippen LogP contribution in [0.3, 0.4) is 0 Å². The van der Waals surface area contributed by atoms with Gasteiger partial charge in [-0.2, -0.15) is 5.10 Å². The first-order valence-electron chi connectivity index (χ1n) is 6.15. The van der Waals surface area contributed by atoms with Gasteiger partial charge in [-0.3, -0.25) is 4.68 Å². The van der Waals surface area contributed by atoms with Crippen LogP contribution >= 0.6 is 0 Å². The van der Waals surface area contributed by atoms with Crippen LogP contribution in [0.15, 0.2) is 6.07 Å². The zero-order valence-corrected chi connectivity index (χ0v) is 10.2. The van der Waals surface area contributed by atoms with Crippen molar-refractivity contribution in [2.45, 2.75) is 45.9 Å². The Bertz CT molecular complexity index is 329. The van der Waals surface area contributed by atoms with Gasteiger partial charge in [0.2, 0.25) is 0 Å². The molecule has 2 heterocycles. The standard InChI is InChI=1S/C12H21N3O/c1-3-15-11(8-10(2)14-15)9-16-12-4-6-13-7-5-12/h8,12-13H,3-7,9H2,1-2H3. The topological polar surface area (TPSA) is 39.1 Å². The second-order valence-corrected chi connectivity index (χ2v) is 4.35. The third-order valence-electron chi connectivity index (χ3n) is 3.04. The normalized spacial score (nSPS) is 17.9. The molecule has 0 saturated carbocycles. The van der Waals surface area contributed by atoms with Gasteiger partial charge in [0.05, 0.1) is 24.1 Å². The van der Waals surface area contributed by atoms with Crippen molar-refractivity contribution in [3.8, 4) is 0 Å². The maximum atomic E-state index is 5.92. The SMILES string of the molecule is CCn1nc(C)cc1COC1CCNCC1. The Hall–Kier alpha value is -0.870. The molecule has 1 aliphatic heterocycles. The summed E-state index contributed by atoms with van der Waals surface area (Å²) in [6.45, 7) is 7.91. The quantitative estimate of drug-likeness (QED) is 0.840. The van der Waals surface area contributed by atoms with Crippen molar-refractivity contribution in [3.63, 3.8) is 0 Å². The van der Waals surface area contributed by atoms with E-state index < -0.39 is 0 Å². The molecule has 0 aliphatic carbocycles. The molecule has 0 unspecified atom stereocenters. The highest BCUT2D eigenvalue weighted by atomic mass is 16.5. The lowest BCUT2D eigenvalue weighted by molar-refractivity contribution is 0.0178. The zero-order valence-electron chi connectivity index (χ0n) is 10.2. The summed E-state index contributed by atoms with van der Waals surface area (Å²) < 4.78 is 7.95. The predicted octanol–water partition coefficient (Wildman–Crippen LogP) is 1.48. The van der Waals surface area contributed by atoms with Crippen molar-refractivity contribution in [1.29, 1.82) is 0 Å². The molecule has 4 nitrogen and oxygen atoms in total. The minimum Gasteiger partial charge on any atom is -0.372 e. The van der Waals surface area contributed by atoms with Gasteiger partial charge in [0.25, 0.3) is 0 Å². The highest BCUT2D eigenvalue weighted by Gasteiger charge is 2.14. The Morgan fingerprint density at radius 1 is 1.50 bits per heavy atom. The van der Waals surface area contributed by atoms with E-state index in [-0.39, 0.29) is 0 Å². The molecule has 90 valence electrons. The van der Waals surface area contributed by atoms with Crippen LogP contribution in [0.5, 0.6) is 0 Å². The molecular formula is C12H21N3O. The molecule has 1 aromatic heterocycles. The van der Waals surface area contributed by atoms with E-state index in [2.05, 4.69) is 23.4 Å². The number of piperidine rings is 1. The number of hydrogen-bond donors (Lipinski definition) is 1. The Morgan fingerprint density at radius 2 is 2.25 bits per heavy atom. The lowest BCUT2D eigenvalue weighted by Crippen LogP contribution is -2.32. The smallest absolute Gasteiger partial charge is 0.0888 e. The molecule has 1 saturated heterocycles. The van der Waals surface area contributed by atoms with Crippen LogP contribution in [0.25, 0.3) is 0 Å². The molecule has 16 heavy (non-hydrogen) atoms. The molecule has 0 radical (unpaired) electrons. The van der Waals surface area contributed by atoms with E-state index >= 15 is 0 Å². The van der Waals surface area contributed by atoms with Crippen molar-refractivity contribution in [1.82, 2.24) is 15.1 Å². The first-order chi connectivity index (χ1) is 7.79. The highest BCUT2D eigenvalue weighted by molar-refractivity contribution is 5.07. The fourth-order valence-corrected chi connectivity index (χ4v) is 2.15. The largest absolute Gasteiger partial charge is 0.372 e. The van der Waals surface area contributed by atoms with Crippen LogP contribution in [-0.2, 0) is 17.9 Å². The third kappa shape index (κ3) is 2.83. The summed E-state index contributed by atoms with van der Waals surface area (Å²) in [5.74, 6) is 0. The van der Waals surface area contributed by atoms with Crippen molar-refractivity contribution < 1.29 is 4.74 Å². The maximum Gasteiger partial charge on any atom is 0.0888 e. The Morgan fingerprint density at radius 3 is 2.94 bits per heavy atom. The number of hydrogen-bond acceptors (Lipinski definition) is 3. The van der Waals surface area contributed by atoms with Gasteiger partial charge in [0.1, 0.15) is 0 Å². The molecule has 2 rings (SSSR count). The molecule has 4 heteroatoms. The summed E-state index contributed by atoms with van der Waals surface area (Å²) in [5, 5.41) is 7.76. The Balaban J connectivity index is 1.87. The fourth-order valence-electron chi connectivity index (χ4n) is 2.15. The van der Waals surface area contributed by atoms with E-state index in [1.807, 2.05) is 11.6 Å². The highest BCUT2D eigenvalue weighted by Crippen LogP contribution is 2.12. The number of rotatable bonds is 4. The molecule has 1 aromatic rings. The molecule has 1 N–H and O–H groups in total. The summed E-state index contributed by atoms with van der Waals surface area (Å²) in [5.41, 5.74) is 2.27. The van der Waals surface area contributed by atoms with E-state index in [4.69, 9.17) is 4.74 Å². The van der Waals surface area contributed by atoms with Gasteiger partial charge in [0, 0.05) is 6.54 Å². The average molecular weight is 223 g/mol. The molecule has 1 aliphatic rings. The van der Waals surface area contributed by atoms with Crippen molar-refractivity contribution in [2.24, 2.45) is 0 Å². The third-order valence-corrected chi connectivity index (χ3v) is 3.04. The van der Waals surface area contributed by atoms with Crippen molar-refractivity contribution in [3.05, 3.63) is 17.5 Å². The van der Waals surface area contributed by atoms with E-state index in [1.54, 1.807) is 0 Å². The number of ether oxygens (including phenoxy) is 1. The molecule has 0 aromatic carbocycles. The van der Waals surface area contributed by atoms with E-state index in [9.17, 15) is 0 Å². The molecule has 0 amide bonds. The lowest BCUT2D eigenvalue weighted by Gasteiger charge is -2.22. The van der Waals surface area contributed by atoms with Crippen LogP contribution < -0.4 is 5.32 Å². The van der Waals surface area contributed by atoms with Crippen LogP contribution in [0.2, 0.25) is 0 Å². The average Bonchev–Trinajstić information content (AvgIpc) is 2.68. The summed E-state index contributed by atoms with van der Waals surface area (Å²) in [4.78, 5) is 0. The monoisotopic (exact) mass is 223 g/mol. The number of nitrogens with one attached hydrogen (secondary N) is 1. The van der Waals surface area contributed by atoms with Gasteiger partial charge < -0.3 is 10.1 Å². The second kappa shape index (κ2) is 5.46. The van der Waals surface area contributed by atoms with Gasteiger partial charge in [-0.15, -0.1) is 0 Å². The second-order valence-electron chi connectivity index (χ2n) is 4.35. The van der Waals surface area contributed by atoms with Gasteiger partial charge >= 0.3 is 0 Å². The van der Waals surface area contributed by atoms with E-state index in [0.29, 0.717) is 12.7 Å². The number of aryl methyl sites for hydroxylation is 2. The summed E-state index contributed by atoms with van der Waals surface area (Å²) in [7, 11) is 0. The molecular weight excluding hydrogens is 202 g/mol. The lowest BCUT2D eigenvalue weighted by atomic mass is 10.1. The van der Waals surface area contributed by atoms with Crippen molar-refractivity contribution >= 4 is 0 Å². The van der Waals surface area contributed by atoms with Gasteiger partial charge in [0.15, 0.2) is 0 Å². The predicted molar refractivity (Wildman–Crippen MR) is 63.3 cm³/mol. The van der Waals surface area contributed by atoms with Gasteiger partial charge in [-0.05, 0) is 45.8 Å². The number of nitrogens with zero attached hydrogens (tertiary/aromatic N) is 2. The summed E-state index contributed by atoms with van der Waals surface area (Å²) in [6.07, 6.45) is 2.67. The Kier molecular flexibility index (Phi) is 3.96. The van der Waals surface area contributed by atoms with E-state index in [1.165, 1.54) is 5.69 Å². The minimum atomic E-state index is 0.418. The van der Waals surface area contributed by atoms with E-state index in [0.717, 1.165) is 38.2 Å². The molecule has 1 fully saturated rings. The summed E-state index contributed by atoms with van der Waals surface area (Å²) in [6, 6.07) is 2.12. The first-order valence-corrected chi connectivity index (χ1v) is 6.15. The van der Waals surface area contributed by atoms with Gasteiger partial charge in [-0.1, -0.05) is 0 Å².